The lowest BCUT2D eigenvalue weighted by Gasteiger charge is -2.21. The van der Waals surface area contributed by atoms with Crippen LogP contribution < -0.4 is 0 Å². The topological polar surface area (TPSA) is 20.2 Å². The summed E-state index contributed by atoms with van der Waals surface area (Å²) < 4.78 is 0. The average Bonchev–Trinajstić information content (AvgIpc) is 2.12. The smallest absolute Gasteiger partial charge is 0.0617 e. The predicted molar refractivity (Wildman–Crippen MR) is 58.7 cm³/mol. The maximum Gasteiger partial charge on any atom is 0.0617 e. The average molecular weight is 184 g/mol. The van der Waals surface area contributed by atoms with Crippen LogP contribution in [0.1, 0.15) is 52.9 Å². The molecular weight excluding hydrogens is 160 g/mol. The Hall–Kier alpha value is -0.300. The van der Waals surface area contributed by atoms with Crippen molar-refractivity contribution in [2.45, 2.75) is 58.5 Å². The van der Waals surface area contributed by atoms with Gasteiger partial charge in [0.15, 0.2) is 0 Å². The number of aliphatic hydroxyl groups is 1. The highest BCUT2D eigenvalue weighted by molar-refractivity contribution is 4.79. The first-order chi connectivity index (χ1) is 6.05. The molecule has 2 unspecified atom stereocenters. The van der Waals surface area contributed by atoms with Crippen molar-refractivity contribution in [3.8, 4) is 0 Å². The highest BCUT2D eigenvalue weighted by atomic mass is 16.3. The normalized spacial score (nSPS) is 17.8. The Balaban J connectivity index is 3.60. The maximum absolute atomic E-state index is 9.76. The molecule has 0 fully saturated rings. The van der Waals surface area contributed by atoms with E-state index in [1.54, 1.807) is 0 Å². The Bertz CT molecular complexity index is 138. The van der Waals surface area contributed by atoms with E-state index in [0.717, 1.165) is 32.1 Å². The fourth-order valence-corrected chi connectivity index (χ4v) is 1.41. The van der Waals surface area contributed by atoms with Crippen molar-refractivity contribution >= 4 is 0 Å². The molecule has 0 bridgehead atoms. The molecule has 0 saturated carbocycles. The summed E-state index contributed by atoms with van der Waals surface area (Å²) in [6.45, 7) is 9.94. The van der Waals surface area contributed by atoms with Gasteiger partial charge in [0.1, 0.15) is 0 Å². The zero-order valence-electron chi connectivity index (χ0n) is 9.34. The van der Waals surface area contributed by atoms with Gasteiger partial charge in [-0.2, -0.15) is 0 Å². The molecule has 2 atom stereocenters. The summed E-state index contributed by atoms with van der Waals surface area (Å²) >= 11 is 0. The van der Waals surface area contributed by atoms with Crippen LogP contribution in [0, 0.1) is 5.92 Å². The lowest BCUT2D eigenvalue weighted by Crippen LogP contribution is -2.22. The Morgan fingerprint density at radius 2 is 2.08 bits per heavy atom. The van der Waals surface area contributed by atoms with Crippen LogP contribution in [-0.2, 0) is 0 Å². The summed E-state index contributed by atoms with van der Waals surface area (Å²) in [5, 5.41) is 9.76. The van der Waals surface area contributed by atoms with Gasteiger partial charge >= 0.3 is 0 Å². The van der Waals surface area contributed by atoms with E-state index in [-0.39, 0.29) is 0 Å². The molecule has 0 heterocycles. The van der Waals surface area contributed by atoms with Crippen molar-refractivity contribution in [2.24, 2.45) is 5.92 Å². The van der Waals surface area contributed by atoms with Crippen LogP contribution in [0.15, 0.2) is 12.7 Å². The minimum Gasteiger partial charge on any atom is -0.390 e. The quantitative estimate of drug-likeness (QED) is 0.600. The molecule has 1 heteroatoms. The van der Waals surface area contributed by atoms with Crippen LogP contribution in [0.5, 0.6) is 0 Å². The van der Waals surface area contributed by atoms with Crippen molar-refractivity contribution in [3.05, 3.63) is 12.7 Å². The van der Waals surface area contributed by atoms with E-state index < -0.39 is 5.60 Å². The lowest BCUT2D eigenvalue weighted by molar-refractivity contribution is 0.0436. The maximum atomic E-state index is 9.76. The van der Waals surface area contributed by atoms with E-state index in [2.05, 4.69) is 13.5 Å². The van der Waals surface area contributed by atoms with E-state index in [9.17, 15) is 5.11 Å². The molecule has 0 amide bonds. The molecule has 0 radical (unpaired) electrons. The minimum atomic E-state index is -0.459. The fraction of sp³-hybridized carbons (Fsp3) is 0.833. The molecule has 1 nitrogen and oxygen atoms in total. The van der Waals surface area contributed by atoms with Gasteiger partial charge in [0.05, 0.1) is 5.60 Å². The zero-order chi connectivity index (χ0) is 10.3. The minimum absolute atomic E-state index is 0.459. The molecule has 0 aliphatic heterocycles. The summed E-state index contributed by atoms with van der Waals surface area (Å²) in [7, 11) is 0. The SMILES string of the molecule is C=CC(CC)CCCC(C)(O)CC. The number of hydrogen-bond acceptors (Lipinski definition) is 1. The van der Waals surface area contributed by atoms with Crippen molar-refractivity contribution < 1.29 is 5.11 Å². The molecule has 0 aromatic rings. The van der Waals surface area contributed by atoms with Gasteiger partial charge in [0.2, 0.25) is 0 Å². The lowest BCUT2D eigenvalue weighted by atomic mass is 9.92. The van der Waals surface area contributed by atoms with Gasteiger partial charge in [-0.15, -0.1) is 6.58 Å². The third kappa shape index (κ3) is 5.87. The van der Waals surface area contributed by atoms with E-state index in [1.165, 1.54) is 0 Å². The number of allylic oxidation sites excluding steroid dienone is 1. The first-order valence-corrected chi connectivity index (χ1v) is 5.40. The summed E-state index contributed by atoms with van der Waals surface area (Å²) in [6.07, 6.45) is 7.21. The first kappa shape index (κ1) is 12.7. The Morgan fingerprint density at radius 1 is 1.46 bits per heavy atom. The van der Waals surface area contributed by atoms with Crippen LogP contribution in [0.25, 0.3) is 0 Å². The van der Waals surface area contributed by atoms with E-state index in [1.807, 2.05) is 19.9 Å². The zero-order valence-corrected chi connectivity index (χ0v) is 9.34. The molecule has 1 N–H and O–H groups in total. The van der Waals surface area contributed by atoms with E-state index in [4.69, 9.17) is 0 Å². The second kappa shape index (κ2) is 6.20. The van der Waals surface area contributed by atoms with Crippen molar-refractivity contribution in [1.82, 2.24) is 0 Å². The molecule has 0 aromatic carbocycles. The molecule has 78 valence electrons. The van der Waals surface area contributed by atoms with Crippen LogP contribution in [0.3, 0.4) is 0 Å². The van der Waals surface area contributed by atoms with Gasteiger partial charge in [-0.1, -0.05) is 26.3 Å². The number of hydrogen-bond donors (Lipinski definition) is 1. The third-order valence-corrected chi connectivity index (χ3v) is 2.91. The van der Waals surface area contributed by atoms with E-state index >= 15 is 0 Å². The molecule has 0 spiro atoms. The summed E-state index contributed by atoms with van der Waals surface area (Å²) in [5.41, 5.74) is -0.459. The second-order valence-electron chi connectivity index (χ2n) is 4.15. The third-order valence-electron chi connectivity index (χ3n) is 2.91. The Morgan fingerprint density at radius 3 is 2.46 bits per heavy atom. The monoisotopic (exact) mass is 184 g/mol. The van der Waals surface area contributed by atoms with Gasteiger partial charge in [-0.05, 0) is 38.5 Å². The summed E-state index contributed by atoms with van der Waals surface area (Å²) in [5.74, 6) is 0.632. The van der Waals surface area contributed by atoms with Crippen LogP contribution in [-0.4, -0.2) is 10.7 Å². The van der Waals surface area contributed by atoms with Gasteiger partial charge in [0.25, 0.3) is 0 Å². The molecule has 13 heavy (non-hydrogen) atoms. The summed E-state index contributed by atoms with van der Waals surface area (Å²) in [4.78, 5) is 0. The van der Waals surface area contributed by atoms with Crippen LogP contribution >= 0.6 is 0 Å². The predicted octanol–water partition coefficient (Wildman–Crippen LogP) is 3.53. The van der Waals surface area contributed by atoms with Gasteiger partial charge in [-0.3, -0.25) is 0 Å². The second-order valence-corrected chi connectivity index (χ2v) is 4.15. The highest BCUT2D eigenvalue weighted by Crippen LogP contribution is 2.20. The fourth-order valence-electron chi connectivity index (χ4n) is 1.41. The standard InChI is InChI=1S/C12H24O/c1-5-11(6-2)9-8-10-12(4,13)7-3/h5,11,13H,1,6-10H2,2-4H3. The van der Waals surface area contributed by atoms with Gasteiger partial charge < -0.3 is 5.11 Å². The molecular formula is C12H24O. The summed E-state index contributed by atoms with van der Waals surface area (Å²) in [6, 6.07) is 0. The molecule has 0 aromatic heterocycles. The highest BCUT2D eigenvalue weighted by Gasteiger charge is 2.16. The van der Waals surface area contributed by atoms with E-state index in [0.29, 0.717) is 5.92 Å². The van der Waals surface area contributed by atoms with Gasteiger partial charge in [-0.25, -0.2) is 0 Å². The van der Waals surface area contributed by atoms with Gasteiger partial charge in [0, 0.05) is 0 Å². The van der Waals surface area contributed by atoms with Crippen molar-refractivity contribution in [2.75, 3.05) is 0 Å². The van der Waals surface area contributed by atoms with Crippen LogP contribution in [0.2, 0.25) is 0 Å². The molecule has 0 saturated heterocycles. The molecule has 0 rings (SSSR count). The molecule has 0 aliphatic carbocycles. The Kier molecular flexibility index (Phi) is 6.06. The Labute approximate surface area is 82.9 Å². The first-order valence-electron chi connectivity index (χ1n) is 5.40. The van der Waals surface area contributed by atoms with Crippen LogP contribution in [0.4, 0.5) is 0 Å². The van der Waals surface area contributed by atoms with Crippen molar-refractivity contribution in [1.29, 1.82) is 0 Å². The number of rotatable bonds is 7. The molecule has 0 aliphatic rings. The largest absolute Gasteiger partial charge is 0.390 e. The van der Waals surface area contributed by atoms with Crippen molar-refractivity contribution in [3.63, 3.8) is 0 Å².